The van der Waals surface area contributed by atoms with Crippen molar-refractivity contribution in [3.05, 3.63) is 0 Å². The maximum Gasteiger partial charge on any atom is 0.220 e. The Kier molecular flexibility index (Phi) is 6.62. The minimum Gasteiger partial charge on any atom is -0.354 e. The molecule has 3 N–H and O–H groups in total. The summed E-state index contributed by atoms with van der Waals surface area (Å²) >= 11 is 0. The number of sulfonamides is 1. The van der Waals surface area contributed by atoms with E-state index in [2.05, 4.69) is 22.3 Å². The predicted molar refractivity (Wildman–Crippen MR) is 84.4 cm³/mol. The Morgan fingerprint density at radius 1 is 1.43 bits per heavy atom. The number of piperidine rings is 1. The Balaban J connectivity index is 2.36. The van der Waals surface area contributed by atoms with E-state index in [4.69, 9.17) is 0 Å². The summed E-state index contributed by atoms with van der Waals surface area (Å²) in [6.45, 7) is 7.95. The average Bonchev–Trinajstić information content (AvgIpc) is 2.35. The molecule has 1 saturated heterocycles. The van der Waals surface area contributed by atoms with Gasteiger partial charge in [-0.2, -0.15) is 0 Å². The summed E-state index contributed by atoms with van der Waals surface area (Å²) in [5.74, 6) is 0.867. The molecule has 2 atom stereocenters. The van der Waals surface area contributed by atoms with Crippen molar-refractivity contribution in [3.8, 4) is 0 Å². The van der Waals surface area contributed by atoms with Crippen LogP contribution in [0.3, 0.4) is 0 Å². The van der Waals surface area contributed by atoms with Crippen molar-refractivity contribution in [1.82, 2.24) is 15.4 Å². The number of nitrogens with one attached hydrogen (secondary N) is 3. The largest absolute Gasteiger partial charge is 0.354 e. The second kappa shape index (κ2) is 7.56. The molecule has 21 heavy (non-hydrogen) atoms. The molecule has 1 rings (SSSR count). The summed E-state index contributed by atoms with van der Waals surface area (Å²) in [5, 5.41) is 6.19. The van der Waals surface area contributed by atoms with Crippen LogP contribution < -0.4 is 15.4 Å². The van der Waals surface area contributed by atoms with Crippen LogP contribution in [0.2, 0.25) is 0 Å². The molecule has 1 heterocycles. The Labute approximate surface area is 128 Å². The summed E-state index contributed by atoms with van der Waals surface area (Å²) in [6, 6.07) is 0. The number of hydrogen-bond donors (Lipinski definition) is 3. The zero-order valence-electron chi connectivity index (χ0n) is 13.5. The molecule has 1 aliphatic heterocycles. The minimum absolute atomic E-state index is 0.0172. The average molecular weight is 319 g/mol. The monoisotopic (exact) mass is 319 g/mol. The Bertz CT molecular complexity index is 442. The molecule has 0 radical (unpaired) electrons. The standard InChI is InChI=1S/C14H29N3O3S/c1-11(12-6-5-7-15-9-12)8-13(18)16-10-14(2,3)17-21(4,19)20/h11-12,15,17H,5-10H2,1-4H3,(H,16,18). The van der Waals surface area contributed by atoms with E-state index in [1.165, 1.54) is 12.8 Å². The van der Waals surface area contributed by atoms with Crippen molar-refractivity contribution >= 4 is 15.9 Å². The van der Waals surface area contributed by atoms with Gasteiger partial charge < -0.3 is 10.6 Å². The first-order valence-corrected chi connectivity index (χ1v) is 9.44. The molecule has 0 saturated carbocycles. The number of hydrogen-bond acceptors (Lipinski definition) is 4. The number of rotatable bonds is 7. The maximum absolute atomic E-state index is 12.0. The van der Waals surface area contributed by atoms with E-state index in [0.717, 1.165) is 19.3 Å². The Morgan fingerprint density at radius 3 is 2.62 bits per heavy atom. The summed E-state index contributed by atoms with van der Waals surface area (Å²) in [7, 11) is -3.28. The van der Waals surface area contributed by atoms with Crippen LogP contribution in [0.15, 0.2) is 0 Å². The molecule has 0 bridgehead atoms. The van der Waals surface area contributed by atoms with Gasteiger partial charge in [0, 0.05) is 18.5 Å². The molecule has 0 aliphatic carbocycles. The lowest BCUT2D eigenvalue weighted by molar-refractivity contribution is -0.122. The van der Waals surface area contributed by atoms with Gasteiger partial charge in [-0.3, -0.25) is 4.79 Å². The molecular weight excluding hydrogens is 290 g/mol. The molecule has 0 aromatic heterocycles. The molecule has 124 valence electrons. The lowest BCUT2D eigenvalue weighted by Crippen LogP contribution is -2.51. The first kappa shape index (κ1) is 18.4. The Morgan fingerprint density at radius 2 is 2.10 bits per heavy atom. The van der Waals surface area contributed by atoms with Gasteiger partial charge in [0.05, 0.1) is 6.26 Å². The van der Waals surface area contributed by atoms with E-state index in [1.54, 1.807) is 13.8 Å². The van der Waals surface area contributed by atoms with E-state index in [9.17, 15) is 13.2 Å². The van der Waals surface area contributed by atoms with Gasteiger partial charge in [-0.25, -0.2) is 13.1 Å². The van der Waals surface area contributed by atoms with Crippen molar-refractivity contribution in [3.63, 3.8) is 0 Å². The lowest BCUT2D eigenvalue weighted by Gasteiger charge is -2.29. The molecule has 1 fully saturated rings. The first-order valence-electron chi connectivity index (χ1n) is 7.55. The highest BCUT2D eigenvalue weighted by atomic mass is 32.2. The molecule has 0 spiro atoms. The van der Waals surface area contributed by atoms with E-state index >= 15 is 0 Å². The number of carbonyl (C=O) groups is 1. The van der Waals surface area contributed by atoms with Gasteiger partial charge in [0.15, 0.2) is 0 Å². The number of amides is 1. The van der Waals surface area contributed by atoms with Crippen LogP contribution in [0, 0.1) is 11.8 Å². The van der Waals surface area contributed by atoms with Crippen LogP contribution >= 0.6 is 0 Å². The summed E-state index contributed by atoms with van der Waals surface area (Å²) in [5.41, 5.74) is -0.682. The van der Waals surface area contributed by atoms with E-state index in [-0.39, 0.29) is 12.5 Å². The SMILES string of the molecule is CC(CC(=O)NCC(C)(C)NS(C)(=O)=O)C1CCCNC1. The van der Waals surface area contributed by atoms with Crippen LogP contribution in [-0.4, -0.2) is 45.8 Å². The van der Waals surface area contributed by atoms with E-state index < -0.39 is 15.6 Å². The van der Waals surface area contributed by atoms with Crippen LogP contribution in [-0.2, 0) is 14.8 Å². The second-order valence-electron chi connectivity index (χ2n) is 6.82. The fraction of sp³-hybridized carbons (Fsp3) is 0.929. The van der Waals surface area contributed by atoms with Gasteiger partial charge in [0.2, 0.25) is 15.9 Å². The quantitative estimate of drug-likeness (QED) is 0.636. The molecule has 2 unspecified atom stereocenters. The van der Waals surface area contributed by atoms with Crippen LogP contribution in [0.5, 0.6) is 0 Å². The third-order valence-electron chi connectivity index (χ3n) is 3.84. The van der Waals surface area contributed by atoms with Gasteiger partial charge in [0.1, 0.15) is 0 Å². The van der Waals surface area contributed by atoms with Gasteiger partial charge in [-0.1, -0.05) is 6.92 Å². The number of carbonyl (C=O) groups excluding carboxylic acids is 1. The molecule has 6 nitrogen and oxygen atoms in total. The lowest BCUT2D eigenvalue weighted by atomic mass is 9.85. The molecule has 1 amide bonds. The van der Waals surface area contributed by atoms with Crippen LogP contribution in [0.25, 0.3) is 0 Å². The van der Waals surface area contributed by atoms with Crippen molar-refractivity contribution in [2.24, 2.45) is 11.8 Å². The highest BCUT2D eigenvalue weighted by molar-refractivity contribution is 7.88. The van der Waals surface area contributed by atoms with E-state index in [0.29, 0.717) is 18.3 Å². The smallest absolute Gasteiger partial charge is 0.220 e. The highest BCUT2D eigenvalue weighted by Crippen LogP contribution is 2.22. The van der Waals surface area contributed by atoms with Gasteiger partial charge in [0.25, 0.3) is 0 Å². The second-order valence-corrected chi connectivity index (χ2v) is 8.57. The van der Waals surface area contributed by atoms with E-state index in [1.807, 2.05) is 0 Å². The van der Waals surface area contributed by atoms with Crippen molar-refractivity contribution in [2.75, 3.05) is 25.9 Å². The third kappa shape index (κ3) is 7.78. The maximum atomic E-state index is 12.0. The zero-order valence-corrected chi connectivity index (χ0v) is 14.3. The highest BCUT2D eigenvalue weighted by Gasteiger charge is 2.25. The summed E-state index contributed by atoms with van der Waals surface area (Å²) < 4.78 is 25.0. The fourth-order valence-corrected chi connectivity index (χ4v) is 3.83. The fourth-order valence-electron chi connectivity index (χ4n) is 2.75. The molecule has 1 aliphatic rings. The predicted octanol–water partition coefficient (Wildman–Crippen LogP) is 0.456. The Hall–Kier alpha value is -0.660. The molecular formula is C14H29N3O3S. The molecule has 0 aromatic rings. The van der Waals surface area contributed by atoms with Gasteiger partial charge in [-0.15, -0.1) is 0 Å². The molecule has 0 aromatic carbocycles. The van der Waals surface area contributed by atoms with Crippen LogP contribution in [0.1, 0.15) is 40.0 Å². The summed E-state index contributed by atoms with van der Waals surface area (Å²) in [6.07, 6.45) is 3.94. The normalized spacial score (nSPS) is 21.8. The summed E-state index contributed by atoms with van der Waals surface area (Å²) in [4.78, 5) is 12.0. The van der Waals surface area contributed by atoms with Crippen LogP contribution in [0.4, 0.5) is 0 Å². The minimum atomic E-state index is -3.28. The zero-order chi connectivity index (χ0) is 16.1. The van der Waals surface area contributed by atoms with Crippen molar-refractivity contribution in [1.29, 1.82) is 0 Å². The van der Waals surface area contributed by atoms with Gasteiger partial charge in [-0.05, 0) is 51.6 Å². The molecule has 7 heteroatoms. The van der Waals surface area contributed by atoms with Crippen molar-refractivity contribution in [2.45, 2.75) is 45.6 Å². The third-order valence-corrected chi connectivity index (χ3v) is 4.76. The first-order chi connectivity index (χ1) is 9.59. The van der Waals surface area contributed by atoms with Gasteiger partial charge >= 0.3 is 0 Å². The topological polar surface area (TPSA) is 87.3 Å². The van der Waals surface area contributed by atoms with Crippen molar-refractivity contribution < 1.29 is 13.2 Å².